The van der Waals surface area contributed by atoms with Crippen LogP contribution in [0.25, 0.3) is 0 Å². The first-order chi connectivity index (χ1) is 12.7. The van der Waals surface area contributed by atoms with Crippen LogP contribution in [0, 0.1) is 30.1 Å². The second-order valence-electron chi connectivity index (χ2n) is 9.92. The summed E-state index contributed by atoms with van der Waals surface area (Å²) in [6.07, 6.45) is 6.30. The van der Waals surface area contributed by atoms with Gasteiger partial charge in [0.2, 0.25) is 5.91 Å². The van der Waals surface area contributed by atoms with Crippen molar-refractivity contribution in [3.8, 4) is 0 Å². The van der Waals surface area contributed by atoms with E-state index in [2.05, 4.69) is 36.5 Å². The molecule has 4 aliphatic carbocycles. The fourth-order valence-corrected chi connectivity index (χ4v) is 6.58. The van der Waals surface area contributed by atoms with Crippen molar-refractivity contribution >= 4 is 11.9 Å². The molecule has 4 nitrogen and oxygen atoms in total. The Morgan fingerprint density at radius 1 is 1.07 bits per heavy atom. The third-order valence-corrected chi connectivity index (χ3v) is 7.43. The number of rotatable bonds is 5. The SMILES string of the molecule is Cc1ccc(C23C[C@@H]4C[C@H](CC(C(=O)N[C@H](C(=O)O)C(C)C)(C4)C2)C3)cc1. The Morgan fingerprint density at radius 2 is 1.67 bits per heavy atom. The molecule has 2 N–H and O–H groups in total. The zero-order chi connectivity index (χ0) is 19.4. The lowest BCUT2D eigenvalue weighted by atomic mass is 9.42. The van der Waals surface area contributed by atoms with Gasteiger partial charge in [-0.05, 0) is 74.2 Å². The average molecular weight is 370 g/mol. The third kappa shape index (κ3) is 3.07. The molecular weight excluding hydrogens is 338 g/mol. The molecule has 4 heteroatoms. The van der Waals surface area contributed by atoms with Crippen molar-refractivity contribution in [2.24, 2.45) is 23.2 Å². The van der Waals surface area contributed by atoms with Gasteiger partial charge in [-0.2, -0.15) is 0 Å². The van der Waals surface area contributed by atoms with E-state index in [1.54, 1.807) is 0 Å². The molecule has 4 aliphatic rings. The molecule has 1 aromatic carbocycles. The minimum absolute atomic E-state index is 0.0193. The van der Waals surface area contributed by atoms with Crippen molar-refractivity contribution in [1.82, 2.24) is 5.32 Å². The second-order valence-corrected chi connectivity index (χ2v) is 9.92. The maximum absolute atomic E-state index is 13.4. The van der Waals surface area contributed by atoms with Gasteiger partial charge < -0.3 is 10.4 Å². The Kier molecular flexibility index (Phi) is 4.36. The highest BCUT2D eigenvalue weighted by molar-refractivity contribution is 5.88. The number of carboxylic acids is 1. The van der Waals surface area contributed by atoms with Crippen molar-refractivity contribution < 1.29 is 14.7 Å². The molecule has 0 radical (unpaired) electrons. The monoisotopic (exact) mass is 369 g/mol. The van der Waals surface area contributed by atoms with Crippen molar-refractivity contribution in [1.29, 1.82) is 0 Å². The molecule has 3 atom stereocenters. The van der Waals surface area contributed by atoms with Gasteiger partial charge in [0, 0.05) is 0 Å². The van der Waals surface area contributed by atoms with Gasteiger partial charge in [-0.15, -0.1) is 0 Å². The van der Waals surface area contributed by atoms with Crippen LogP contribution < -0.4 is 5.32 Å². The average Bonchev–Trinajstić information content (AvgIpc) is 2.58. The minimum Gasteiger partial charge on any atom is -0.480 e. The fraction of sp³-hybridized carbons (Fsp3) is 0.652. The maximum Gasteiger partial charge on any atom is 0.326 e. The van der Waals surface area contributed by atoms with Crippen molar-refractivity contribution in [2.45, 2.75) is 70.8 Å². The molecule has 4 fully saturated rings. The van der Waals surface area contributed by atoms with E-state index < -0.39 is 17.4 Å². The first kappa shape index (κ1) is 18.5. The number of carbonyl (C=O) groups is 2. The molecule has 4 bridgehead atoms. The van der Waals surface area contributed by atoms with E-state index in [0.717, 1.165) is 19.3 Å². The highest BCUT2D eigenvalue weighted by Crippen LogP contribution is 2.65. The molecule has 146 valence electrons. The standard InChI is InChI=1S/C23H31NO3/c1-14(2)19(20(25)26)24-21(27)23-11-16-8-17(12-23)10-22(9-16,13-23)18-6-4-15(3)5-7-18/h4-7,14,16-17,19H,8-13H2,1-3H3,(H,24,27)(H,25,26)/t16-,17-,19-,22?,23?/m0/s1. The molecular formula is C23H31NO3. The van der Waals surface area contributed by atoms with Gasteiger partial charge in [0.1, 0.15) is 6.04 Å². The molecule has 0 aliphatic heterocycles. The second kappa shape index (κ2) is 6.35. The lowest BCUT2D eigenvalue weighted by Crippen LogP contribution is -2.61. The summed E-state index contributed by atoms with van der Waals surface area (Å²) in [6.45, 7) is 5.81. The number of aryl methyl sites for hydroxylation is 1. The van der Waals surface area contributed by atoms with E-state index >= 15 is 0 Å². The molecule has 5 rings (SSSR count). The number of amides is 1. The predicted octanol–water partition coefficient (Wildman–Crippen LogP) is 4.06. The lowest BCUT2D eigenvalue weighted by molar-refractivity contribution is -0.154. The van der Waals surface area contributed by atoms with Gasteiger partial charge in [-0.25, -0.2) is 4.79 Å². The van der Waals surface area contributed by atoms with E-state index in [1.807, 2.05) is 13.8 Å². The third-order valence-electron chi connectivity index (χ3n) is 7.43. The molecule has 0 unspecified atom stereocenters. The molecule has 0 heterocycles. The van der Waals surface area contributed by atoms with E-state index in [4.69, 9.17) is 0 Å². The van der Waals surface area contributed by atoms with Gasteiger partial charge in [0.15, 0.2) is 0 Å². The molecule has 1 aromatic rings. The van der Waals surface area contributed by atoms with Crippen LogP contribution >= 0.6 is 0 Å². The van der Waals surface area contributed by atoms with E-state index in [1.165, 1.54) is 30.4 Å². The Labute approximate surface area is 161 Å². The number of hydrogen-bond donors (Lipinski definition) is 2. The van der Waals surface area contributed by atoms with Gasteiger partial charge in [-0.3, -0.25) is 4.79 Å². The Hall–Kier alpha value is -1.84. The Morgan fingerprint density at radius 3 is 2.19 bits per heavy atom. The number of carbonyl (C=O) groups excluding carboxylic acids is 1. The molecule has 0 spiro atoms. The molecule has 4 saturated carbocycles. The number of hydrogen-bond acceptors (Lipinski definition) is 2. The molecule has 0 saturated heterocycles. The summed E-state index contributed by atoms with van der Waals surface area (Å²) in [5.41, 5.74) is 2.33. The van der Waals surface area contributed by atoms with Gasteiger partial charge in [0.05, 0.1) is 5.41 Å². The van der Waals surface area contributed by atoms with E-state index in [-0.39, 0.29) is 17.2 Å². The summed E-state index contributed by atoms with van der Waals surface area (Å²) in [5, 5.41) is 12.4. The van der Waals surface area contributed by atoms with E-state index in [9.17, 15) is 14.7 Å². The van der Waals surface area contributed by atoms with Crippen molar-refractivity contribution in [2.75, 3.05) is 0 Å². The van der Waals surface area contributed by atoms with Crippen molar-refractivity contribution in [3.05, 3.63) is 35.4 Å². The van der Waals surface area contributed by atoms with Gasteiger partial charge in [-0.1, -0.05) is 43.7 Å². The highest BCUT2D eigenvalue weighted by atomic mass is 16.4. The van der Waals surface area contributed by atoms with Crippen LogP contribution in [0.4, 0.5) is 0 Å². The van der Waals surface area contributed by atoms with E-state index in [0.29, 0.717) is 11.8 Å². The number of nitrogens with one attached hydrogen (secondary N) is 1. The minimum atomic E-state index is -0.934. The zero-order valence-corrected chi connectivity index (χ0v) is 16.6. The van der Waals surface area contributed by atoms with Crippen LogP contribution in [0.5, 0.6) is 0 Å². The summed E-state index contributed by atoms with van der Waals surface area (Å²) >= 11 is 0. The number of benzene rings is 1. The summed E-state index contributed by atoms with van der Waals surface area (Å²) in [7, 11) is 0. The molecule has 0 aromatic heterocycles. The largest absolute Gasteiger partial charge is 0.480 e. The topological polar surface area (TPSA) is 66.4 Å². The lowest BCUT2D eigenvalue weighted by Gasteiger charge is -2.61. The smallest absolute Gasteiger partial charge is 0.326 e. The maximum atomic E-state index is 13.4. The van der Waals surface area contributed by atoms with Crippen LogP contribution in [0.15, 0.2) is 24.3 Å². The summed E-state index contributed by atoms with van der Waals surface area (Å²) in [4.78, 5) is 25.0. The molecule has 27 heavy (non-hydrogen) atoms. The van der Waals surface area contributed by atoms with Crippen molar-refractivity contribution in [3.63, 3.8) is 0 Å². The first-order valence-corrected chi connectivity index (χ1v) is 10.3. The van der Waals surface area contributed by atoms with Crippen LogP contribution in [0.1, 0.15) is 63.5 Å². The number of aliphatic carboxylic acids is 1. The van der Waals surface area contributed by atoms with Gasteiger partial charge >= 0.3 is 5.97 Å². The predicted molar refractivity (Wildman–Crippen MR) is 104 cm³/mol. The fourth-order valence-electron chi connectivity index (χ4n) is 6.58. The quantitative estimate of drug-likeness (QED) is 0.822. The zero-order valence-electron chi connectivity index (χ0n) is 16.6. The highest BCUT2D eigenvalue weighted by Gasteiger charge is 2.61. The van der Waals surface area contributed by atoms with Crippen LogP contribution in [0.3, 0.4) is 0 Å². The summed E-state index contributed by atoms with van der Waals surface area (Å²) < 4.78 is 0. The van der Waals surface area contributed by atoms with Gasteiger partial charge in [0.25, 0.3) is 0 Å². The molecule has 1 amide bonds. The van der Waals surface area contributed by atoms with Crippen LogP contribution in [0.2, 0.25) is 0 Å². The Bertz CT molecular complexity index is 737. The summed E-state index contributed by atoms with van der Waals surface area (Å²) in [5.74, 6) is 0.0956. The normalized spacial score (nSPS) is 35.3. The number of carboxylic acid groups (broad SMARTS) is 1. The Balaban J connectivity index is 1.64. The van der Waals surface area contributed by atoms with Crippen LogP contribution in [-0.4, -0.2) is 23.0 Å². The summed E-state index contributed by atoms with van der Waals surface area (Å²) in [6, 6.07) is 8.06. The van der Waals surface area contributed by atoms with Crippen LogP contribution in [-0.2, 0) is 15.0 Å². The first-order valence-electron chi connectivity index (χ1n) is 10.3.